The van der Waals surface area contributed by atoms with Crippen molar-refractivity contribution >= 4 is 0 Å². The van der Waals surface area contributed by atoms with Crippen LogP contribution < -0.4 is 19.9 Å². The van der Waals surface area contributed by atoms with Crippen LogP contribution in [0.4, 0.5) is 0 Å². The second-order valence-electron chi connectivity index (χ2n) is 4.62. The summed E-state index contributed by atoms with van der Waals surface area (Å²) >= 11 is 0. The molecule has 4 heteroatoms. The number of hydrogen-bond donors (Lipinski definition) is 1. The van der Waals surface area contributed by atoms with Gasteiger partial charge in [-0.15, -0.1) is 0 Å². The molecule has 0 aromatic heterocycles. The van der Waals surface area contributed by atoms with Crippen molar-refractivity contribution in [1.82, 2.24) is 0 Å². The SMILES string of the molecule is COc1ccc(COc2ccccc2CCN)cc1OC. The Morgan fingerprint density at radius 3 is 2.38 bits per heavy atom. The van der Waals surface area contributed by atoms with E-state index in [-0.39, 0.29) is 0 Å². The number of nitrogens with two attached hydrogens (primary N) is 1. The molecule has 0 spiro atoms. The number of rotatable bonds is 7. The first-order chi connectivity index (χ1) is 10.3. The molecule has 0 radical (unpaired) electrons. The number of benzene rings is 2. The highest BCUT2D eigenvalue weighted by Crippen LogP contribution is 2.28. The molecule has 0 saturated carbocycles. The summed E-state index contributed by atoms with van der Waals surface area (Å²) in [6.45, 7) is 1.08. The van der Waals surface area contributed by atoms with Crippen LogP contribution in [0.5, 0.6) is 17.2 Å². The molecule has 0 fully saturated rings. The van der Waals surface area contributed by atoms with Crippen molar-refractivity contribution in [3.63, 3.8) is 0 Å². The third-order valence-electron chi connectivity index (χ3n) is 3.23. The van der Waals surface area contributed by atoms with Gasteiger partial charge in [0.15, 0.2) is 11.5 Å². The van der Waals surface area contributed by atoms with Gasteiger partial charge in [0, 0.05) is 0 Å². The van der Waals surface area contributed by atoms with Crippen LogP contribution in [-0.2, 0) is 13.0 Å². The largest absolute Gasteiger partial charge is 0.493 e. The molecule has 21 heavy (non-hydrogen) atoms. The van der Waals surface area contributed by atoms with Gasteiger partial charge in [0.25, 0.3) is 0 Å². The zero-order valence-electron chi connectivity index (χ0n) is 12.5. The van der Waals surface area contributed by atoms with Gasteiger partial charge in [-0.05, 0) is 42.3 Å². The van der Waals surface area contributed by atoms with E-state index >= 15 is 0 Å². The molecule has 0 saturated heterocycles. The van der Waals surface area contributed by atoms with E-state index in [9.17, 15) is 0 Å². The van der Waals surface area contributed by atoms with Crippen molar-refractivity contribution < 1.29 is 14.2 Å². The fourth-order valence-corrected chi connectivity index (χ4v) is 2.14. The van der Waals surface area contributed by atoms with Gasteiger partial charge in [0.05, 0.1) is 14.2 Å². The first kappa shape index (κ1) is 15.2. The van der Waals surface area contributed by atoms with Gasteiger partial charge in [-0.1, -0.05) is 24.3 Å². The predicted molar refractivity (Wildman–Crippen MR) is 83.1 cm³/mol. The van der Waals surface area contributed by atoms with Crippen molar-refractivity contribution in [3.8, 4) is 17.2 Å². The minimum Gasteiger partial charge on any atom is -0.493 e. The predicted octanol–water partition coefficient (Wildman–Crippen LogP) is 2.78. The lowest BCUT2D eigenvalue weighted by molar-refractivity contribution is 0.300. The summed E-state index contributed by atoms with van der Waals surface area (Å²) in [5, 5.41) is 0. The molecule has 0 aliphatic rings. The van der Waals surface area contributed by atoms with Crippen molar-refractivity contribution in [2.75, 3.05) is 20.8 Å². The summed E-state index contributed by atoms with van der Waals surface area (Å²) in [5.41, 5.74) is 7.77. The van der Waals surface area contributed by atoms with Gasteiger partial charge >= 0.3 is 0 Å². The van der Waals surface area contributed by atoms with Gasteiger partial charge in [-0.2, -0.15) is 0 Å². The number of hydrogen-bond acceptors (Lipinski definition) is 4. The Bertz CT molecular complexity index is 584. The van der Waals surface area contributed by atoms with Crippen LogP contribution >= 0.6 is 0 Å². The Balaban J connectivity index is 2.09. The smallest absolute Gasteiger partial charge is 0.161 e. The Labute approximate surface area is 125 Å². The molecule has 2 rings (SSSR count). The van der Waals surface area contributed by atoms with E-state index in [0.29, 0.717) is 24.7 Å². The topological polar surface area (TPSA) is 53.7 Å². The van der Waals surface area contributed by atoms with Gasteiger partial charge in [0.1, 0.15) is 12.4 Å². The van der Waals surface area contributed by atoms with E-state index in [1.807, 2.05) is 42.5 Å². The maximum atomic E-state index is 5.90. The summed E-state index contributed by atoms with van der Waals surface area (Å²) in [4.78, 5) is 0. The third kappa shape index (κ3) is 3.89. The Hall–Kier alpha value is -2.20. The highest BCUT2D eigenvalue weighted by atomic mass is 16.5. The summed E-state index contributed by atoms with van der Waals surface area (Å²) in [6.07, 6.45) is 0.808. The standard InChI is InChI=1S/C17H21NO3/c1-19-16-8-7-13(11-17(16)20-2)12-21-15-6-4-3-5-14(15)9-10-18/h3-8,11H,9-10,12,18H2,1-2H3. The van der Waals surface area contributed by atoms with Crippen molar-refractivity contribution in [2.24, 2.45) is 5.73 Å². The maximum Gasteiger partial charge on any atom is 0.161 e. The molecule has 2 aromatic rings. The van der Waals surface area contributed by atoms with Crippen molar-refractivity contribution in [3.05, 3.63) is 53.6 Å². The molecule has 2 N–H and O–H groups in total. The zero-order valence-corrected chi connectivity index (χ0v) is 12.5. The molecule has 4 nitrogen and oxygen atoms in total. The lowest BCUT2D eigenvalue weighted by Gasteiger charge is -2.13. The minimum atomic E-state index is 0.474. The number of para-hydroxylation sites is 1. The Morgan fingerprint density at radius 1 is 0.905 bits per heavy atom. The quantitative estimate of drug-likeness (QED) is 0.851. The van der Waals surface area contributed by atoms with Crippen molar-refractivity contribution in [2.45, 2.75) is 13.0 Å². The zero-order chi connectivity index (χ0) is 15.1. The van der Waals surface area contributed by atoms with Crippen molar-refractivity contribution in [1.29, 1.82) is 0 Å². The fourth-order valence-electron chi connectivity index (χ4n) is 2.14. The average Bonchev–Trinajstić information content (AvgIpc) is 2.54. The average molecular weight is 287 g/mol. The number of methoxy groups -OCH3 is 2. The van der Waals surface area contributed by atoms with Gasteiger partial charge in [-0.3, -0.25) is 0 Å². The summed E-state index contributed by atoms with van der Waals surface area (Å²) in [7, 11) is 3.25. The first-order valence-electron chi connectivity index (χ1n) is 6.90. The summed E-state index contributed by atoms with van der Waals surface area (Å²) < 4.78 is 16.4. The highest BCUT2D eigenvalue weighted by molar-refractivity contribution is 5.43. The molecule has 2 aromatic carbocycles. The van der Waals surface area contributed by atoms with Crippen LogP contribution in [0.25, 0.3) is 0 Å². The molecule has 0 heterocycles. The fraction of sp³-hybridized carbons (Fsp3) is 0.294. The molecular formula is C17H21NO3. The van der Waals surface area contributed by atoms with Crippen LogP contribution in [0.3, 0.4) is 0 Å². The third-order valence-corrected chi connectivity index (χ3v) is 3.23. The summed E-state index contributed by atoms with van der Waals surface area (Å²) in [5.74, 6) is 2.29. The van der Waals surface area contributed by atoms with Crippen LogP contribution in [-0.4, -0.2) is 20.8 Å². The van der Waals surface area contributed by atoms with Crippen LogP contribution in [0, 0.1) is 0 Å². The van der Waals surface area contributed by atoms with E-state index in [4.69, 9.17) is 19.9 Å². The van der Waals surface area contributed by atoms with Gasteiger partial charge in [0.2, 0.25) is 0 Å². The Kier molecular flexibility index (Phi) is 5.46. The second kappa shape index (κ2) is 7.55. The Morgan fingerprint density at radius 2 is 1.67 bits per heavy atom. The highest BCUT2D eigenvalue weighted by Gasteiger charge is 2.06. The lowest BCUT2D eigenvalue weighted by atomic mass is 10.1. The van der Waals surface area contributed by atoms with E-state index < -0.39 is 0 Å². The number of ether oxygens (including phenoxy) is 3. The second-order valence-corrected chi connectivity index (χ2v) is 4.62. The van der Waals surface area contributed by atoms with E-state index in [2.05, 4.69) is 0 Å². The normalized spacial score (nSPS) is 10.2. The lowest BCUT2D eigenvalue weighted by Crippen LogP contribution is -2.05. The maximum absolute atomic E-state index is 5.90. The molecular weight excluding hydrogens is 266 g/mol. The molecule has 0 amide bonds. The van der Waals surface area contributed by atoms with E-state index in [1.165, 1.54) is 0 Å². The van der Waals surface area contributed by atoms with Gasteiger partial charge in [-0.25, -0.2) is 0 Å². The van der Waals surface area contributed by atoms with E-state index in [1.54, 1.807) is 14.2 Å². The molecule has 0 aliphatic heterocycles. The molecule has 0 unspecified atom stereocenters. The van der Waals surface area contributed by atoms with Gasteiger partial charge < -0.3 is 19.9 Å². The minimum absolute atomic E-state index is 0.474. The first-order valence-corrected chi connectivity index (χ1v) is 6.90. The van der Waals surface area contributed by atoms with Crippen LogP contribution in [0.15, 0.2) is 42.5 Å². The monoisotopic (exact) mass is 287 g/mol. The van der Waals surface area contributed by atoms with E-state index in [0.717, 1.165) is 23.3 Å². The molecule has 0 aliphatic carbocycles. The van der Waals surface area contributed by atoms with Crippen LogP contribution in [0.1, 0.15) is 11.1 Å². The molecule has 0 atom stereocenters. The van der Waals surface area contributed by atoms with Crippen LogP contribution in [0.2, 0.25) is 0 Å². The molecule has 0 bridgehead atoms. The molecule has 112 valence electrons. The summed E-state index contributed by atoms with van der Waals surface area (Å²) in [6, 6.07) is 13.7.